The van der Waals surface area contributed by atoms with E-state index in [-0.39, 0.29) is 11.0 Å². The van der Waals surface area contributed by atoms with Crippen LogP contribution in [0.15, 0.2) is 23.8 Å². The summed E-state index contributed by atoms with van der Waals surface area (Å²) in [5.41, 5.74) is 2.21. The van der Waals surface area contributed by atoms with E-state index in [1.54, 1.807) is 0 Å². The van der Waals surface area contributed by atoms with Crippen molar-refractivity contribution in [3.05, 3.63) is 23.8 Å². The maximum atomic E-state index is 10.8. The fourth-order valence-electron chi connectivity index (χ4n) is 5.09. The Hall–Kier alpha value is -1.18. The number of rotatable bonds is 4. The number of carbonyl (C=O) groups excluding carboxylic acids is 2. The minimum atomic E-state index is 0.254. The number of hydrogen-bond acceptors (Lipinski definition) is 2. The van der Waals surface area contributed by atoms with E-state index in [1.807, 2.05) is 6.08 Å². The van der Waals surface area contributed by atoms with E-state index >= 15 is 0 Å². The van der Waals surface area contributed by atoms with Crippen molar-refractivity contribution in [3.8, 4) is 0 Å². The van der Waals surface area contributed by atoms with Gasteiger partial charge in [-0.15, -0.1) is 0 Å². The molecule has 3 atom stereocenters. The van der Waals surface area contributed by atoms with Crippen LogP contribution in [0.2, 0.25) is 0 Å². The lowest BCUT2D eigenvalue weighted by atomic mass is 9.47. The Morgan fingerprint density at radius 2 is 1.90 bits per heavy atom. The average molecular weight is 288 g/mol. The molecule has 0 saturated heterocycles. The topological polar surface area (TPSA) is 34.1 Å². The molecule has 0 amide bonds. The van der Waals surface area contributed by atoms with Gasteiger partial charge in [-0.25, -0.2) is 0 Å². The third kappa shape index (κ3) is 2.90. The summed E-state index contributed by atoms with van der Waals surface area (Å²) in [7, 11) is 0. The van der Waals surface area contributed by atoms with Crippen LogP contribution >= 0.6 is 0 Å². The van der Waals surface area contributed by atoms with Crippen LogP contribution in [0.5, 0.6) is 0 Å². The van der Waals surface area contributed by atoms with E-state index < -0.39 is 0 Å². The van der Waals surface area contributed by atoms with Crippen molar-refractivity contribution in [3.63, 3.8) is 0 Å². The van der Waals surface area contributed by atoms with Crippen LogP contribution < -0.4 is 0 Å². The third-order valence-corrected chi connectivity index (χ3v) is 6.18. The Morgan fingerprint density at radius 1 is 1.24 bits per heavy atom. The van der Waals surface area contributed by atoms with Crippen molar-refractivity contribution in [2.45, 2.75) is 59.3 Å². The first kappa shape index (κ1) is 16.2. The molecule has 21 heavy (non-hydrogen) atoms. The molecule has 2 fully saturated rings. The normalized spacial score (nSPS) is 34.7. The Balaban J connectivity index is 2.29. The van der Waals surface area contributed by atoms with Gasteiger partial charge in [0.25, 0.3) is 0 Å². The molecule has 2 aliphatic carbocycles. The lowest BCUT2D eigenvalue weighted by Gasteiger charge is -2.58. The molecular formula is C19H28O2. The van der Waals surface area contributed by atoms with Crippen molar-refractivity contribution in [1.82, 2.24) is 0 Å². The highest BCUT2D eigenvalue weighted by Gasteiger charge is 2.52. The second kappa shape index (κ2) is 5.90. The van der Waals surface area contributed by atoms with Crippen molar-refractivity contribution in [2.75, 3.05) is 0 Å². The maximum absolute atomic E-state index is 10.8. The Bertz CT molecular complexity index is 462. The van der Waals surface area contributed by atoms with Gasteiger partial charge in [-0.05, 0) is 54.8 Å². The van der Waals surface area contributed by atoms with Gasteiger partial charge in [-0.3, -0.25) is 9.59 Å². The van der Waals surface area contributed by atoms with E-state index in [0.29, 0.717) is 29.8 Å². The first-order chi connectivity index (χ1) is 9.85. The van der Waals surface area contributed by atoms with E-state index in [4.69, 9.17) is 0 Å². The standard InChI is InChI=1S/C19H28O2/c1-14-6-9-17-18(2,3)10-5-11-19(17,4)16(14)8-7-15(12-20)13-21/h7,12-13,16-17H,1,5-6,8-11H2,2-4H3/t16-,17+,19+/m0/s1. The smallest absolute Gasteiger partial charge is 0.153 e. The summed E-state index contributed by atoms with van der Waals surface area (Å²) in [4.78, 5) is 21.7. The van der Waals surface area contributed by atoms with Crippen LogP contribution in [0.4, 0.5) is 0 Å². The summed E-state index contributed by atoms with van der Waals surface area (Å²) < 4.78 is 0. The predicted molar refractivity (Wildman–Crippen MR) is 85.9 cm³/mol. The van der Waals surface area contributed by atoms with Crippen LogP contribution in [0.1, 0.15) is 59.3 Å². The van der Waals surface area contributed by atoms with Crippen molar-refractivity contribution >= 4 is 12.6 Å². The summed E-state index contributed by atoms with van der Waals surface area (Å²) in [5, 5.41) is 0. The number of allylic oxidation sites excluding steroid dienone is 3. The van der Waals surface area contributed by atoms with Crippen molar-refractivity contribution in [1.29, 1.82) is 0 Å². The molecule has 0 radical (unpaired) electrons. The number of fused-ring (bicyclic) bond motifs is 1. The zero-order valence-corrected chi connectivity index (χ0v) is 13.7. The molecule has 2 aliphatic rings. The molecule has 2 saturated carbocycles. The second-order valence-corrected chi connectivity index (χ2v) is 7.83. The highest BCUT2D eigenvalue weighted by atomic mass is 16.1. The fraction of sp³-hybridized carbons (Fsp3) is 0.684. The average Bonchev–Trinajstić information content (AvgIpc) is 2.41. The van der Waals surface area contributed by atoms with Gasteiger partial charge in [0.15, 0.2) is 12.6 Å². The lowest BCUT2D eigenvalue weighted by molar-refractivity contribution is -0.109. The Kier molecular flexibility index (Phi) is 4.55. The molecule has 2 rings (SSSR count). The molecular weight excluding hydrogens is 260 g/mol. The molecule has 0 N–H and O–H groups in total. The van der Waals surface area contributed by atoms with Crippen LogP contribution in [0, 0.1) is 22.7 Å². The van der Waals surface area contributed by atoms with E-state index in [2.05, 4.69) is 27.4 Å². The molecule has 2 nitrogen and oxygen atoms in total. The molecule has 0 aliphatic heterocycles. The fourth-order valence-corrected chi connectivity index (χ4v) is 5.09. The molecule has 116 valence electrons. The van der Waals surface area contributed by atoms with Crippen LogP contribution in [0.25, 0.3) is 0 Å². The molecule has 0 aromatic heterocycles. The van der Waals surface area contributed by atoms with Gasteiger partial charge in [0.1, 0.15) is 0 Å². The lowest BCUT2D eigenvalue weighted by Crippen LogP contribution is -2.49. The number of carbonyl (C=O) groups is 2. The highest BCUT2D eigenvalue weighted by Crippen LogP contribution is 2.61. The van der Waals surface area contributed by atoms with Gasteiger partial charge in [0, 0.05) is 0 Å². The first-order valence-electron chi connectivity index (χ1n) is 8.13. The highest BCUT2D eigenvalue weighted by molar-refractivity contribution is 5.99. The first-order valence-corrected chi connectivity index (χ1v) is 8.13. The molecule has 0 heterocycles. The second-order valence-electron chi connectivity index (χ2n) is 7.83. The van der Waals surface area contributed by atoms with Crippen LogP contribution in [0.3, 0.4) is 0 Å². The zero-order chi connectivity index (χ0) is 15.7. The summed E-state index contributed by atoms with van der Waals surface area (Å²) in [5.74, 6) is 1.10. The monoisotopic (exact) mass is 288 g/mol. The number of aldehydes is 2. The van der Waals surface area contributed by atoms with E-state index in [0.717, 1.165) is 12.8 Å². The predicted octanol–water partition coefficient (Wildman–Crippen LogP) is 4.50. The van der Waals surface area contributed by atoms with Gasteiger partial charge < -0.3 is 0 Å². The third-order valence-electron chi connectivity index (χ3n) is 6.18. The number of hydrogen-bond donors (Lipinski definition) is 0. The van der Waals surface area contributed by atoms with Gasteiger partial charge in [-0.1, -0.05) is 45.4 Å². The molecule has 0 unspecified atom stereocenters. The van der Waals surface area contributed by atoms with Crippen LogP contribution in [-0.4, -0.2) is 12.6 Å². The Labute approximate surface area is 128 Å². The SMILES string of the molecule is C=C1CC[C@@H]2C(C)(C)CCC[C@]2(C)[C@H]1CC=C(C=O)C=O. The minimum absolute atomic E-state index is 0.254. The largest absolute Gasteiger partial charge is 0.298 e. The van der Waals surface area contributed by atoms with E-state index in [9.17, 15) is 9.59 Å². The Morgan fingerprint density at radius 3 is 2.52 bits per heavy atom. The van der Waals surface area contributed by atoms with Gasteiger partial charge in [0.2, 0.25) is 0 Å². The summed E-state index contributed by atoms with van der Waals surface area (Å²) in [6.45, 7) is 11.5. The molecule has 0 spiro atoms. The van der Waals surface area contributed by atoms with E-state index in [1.165, 1.54) is 31.3 Å². The van der Waals surface area contributed by atoms with Crippen molar-refractivity contribution < 1.29 is 9.59 Å². The zero-order valence-electron chi connectivity index (χ0n) is 13.7. The summed E-state index contributed by atoms with van der Waals surface area (Å²) >= 11 is 0. The molecule has 0 bridgehead atoms. The molecule has 2 heteroatoms. The van der Waals surface area contributed by atoms with Crippen LogP contribution in [-0.2, 0) is 9.59 Å². The summed E-state index contributed by atoms with van der Waals surface area (Å²) in [6, 6.07) is 0. The van der Waals surface area contributed by atoms with Gasteiger partial charge in [0.05, 0.1) is 5.57 Å². The summed E-state index contributed by atoms with van der Waals surface area (Å²) in [6.07, 6.45) is 10.0. The minimum Gasteiger partial charge on any atom is -0.298 e. The maximum Gasteiger partial charge on any atom is 0.153 e. The van der Waals surface area contributed by atoms with Gasteiger partial charge in [-0.2, -0.15) is 0 Å². The van der Waals surface area contributed by atoms with Gasteiger partial charge >= 0.3 is 0 Å². The molecule has 0 aromatic rings. The van der Waals surface area contributed by atoms with Crippen molar-refractivity contribution in [2.24, 2.45) is 22.7 Å². The molecule has 0 aromatic carbocycles. The quantitative estimate of drug-likeness (QED) is 0.251.